The first kappa shape index (κ1) is 19.8. The van der Waals surface area contributed by atoms with E-state index >= 15 is 0 Å². The molecule has 4 aromatic rings. The molecule has 0 fully saturated rings. The Bertz CT molecular complexity index is 1300. The number of aryl methyl sites for hydroxylation is 1. The Morgan fingerprint density at radius 1 is 1.00 bits per heavy atom. The smallest absolute Gasteiger partial charge is 0.332 e. The lowest BCUT2D eigenvalue weighted by molar-refractivity contribution is -0.121. The number of aromatic nitrogens is 3. The minimum Gasteiger partial charge on any atom is -0.350 e. The average molecular weight is 420 g/mol. The van der Waals surface area contributed by atoms with E-state index < -0.39 is 11.2 Å². The van der Waals surface area contributed by atoms with Gasteiger partial charge in [0, 0.05) is 11.9 Å². The number of amides is 1. The minimum absolute atomic E-state index is 0.122. The molecule has 0 aliphatic rings. The van der Waals surface area contributed by atoms with Crippen molar-refractivity contribution >= 4 is 28.5 Å². The number of carbonyl (C=O) groups excluding carboxylic acids is 1. The Morgan fingerprint density at radius 3 is 2.47 bits per heavy atom. The van der Waals surface area contributed by atoms with Crippen LogP contribution in [0.25, 0.3) is 11.0 Å². The third-order valence-electron chi connectivity index (χ3n) is 4.85. The second-order valence-corrected chi connectivity index (χ2v) is 7.69. The Labute approximate surface area is 176 Å². The largest absolute Gasteiger partial charge is 0.350 e. The maximum atomic E-state index is 13.1. The summed E-state index contributed by atoms with van der Waals surface area (Å²) in [6.45, 7) is 2.30. The van der Waals surface area contributed by atoms with Crippen LogP contribution in [0.4, 0.5) is 0 Å². The Kier molecular flexibility index (Phi) is 5.58. The predicted octanol–water partition coefficient (Wildman–Crippen LogP) is 2.29. The lowest BCUT2D eigenvalue weighted by atomic mass is 10.1. The molecule has 2 aromatic heterocycles. The molecule has 0 aliphatic carbocycles. The molecule has 0 spiro atoms. The first-order valence-corrected chi connectivity index (χ1v) is 10.3. The fourth-order valence-corrected chi connectivity index (χ4v) is 3.87. The molecule has 0 unspecified atom stereocenters. The van der Waals surface area contributed by atoms with Gasteiger partial charge >= 0.3 is 5.69 Å². The number of carbonyl (C=O) groups is 1. The molecule has 0 aliphatic heterocycles. The van der Waals surface area contributed by atoms with Crippen molar-refractivity contribution in [2.24, 2.45) is 0 Å². The maximum absolute atomic E-state index is 13.1. The average Bonchev–Trinajstić information content (AvgIpc) is 3.24. The molecular weight excluding hydrogens is 400 g/mol. The molecule has 1 amide bonds. The monoisotopic (exact) mass is 420 g/mol. The second kappa shape index (κ2) is 8.46. The van der Waals surface area contributed by atoms with Crippen LogP contribution in [0.3, 0.4) is 0 Å². The number of benzene rings is 2. The highest BCUT2D eigenvalue weighted by Gasteiger charge is 2.17. The molecule has 2 aromatic carbocycles. The van der Waals surface area contributed by atoms with E-state index in [1.165, 1.54) is 4.57 Å². The van der Waals surface area contributed by atoms with E-state index in [2.05, 4.69) is 9.69 Å². The van der Waals surface area contributed by atoms with Crippen LogP contribution < -0.4 is 16.6 Å². The highest BCUT2D eigenvalue weighted by Crippen LogP contribution is 2.10. The maximum Gasteiger partial charge on any atom is 0.332 e. The van der Waals surface area contributed by atoms with Crippen molar-refractivity contribution in [1.82, 2.24) is 18.8 Å². The fraction of sp³-hybridized carbons (Fsp3) is 0.182. The summed E-state index contributed by atoms with van der Waals surface area (Å²) in [5.41, 5.74) is 2.54. The molecule has 0 radical (unpaired) electrons. The van der Waals surface area contributed by atoms with Gasteiger partial charge in [0.15, 0.2) is 5.52 Å². The van der Waals surface area contributed by atoms with Gasteiger partial charge in [-0.15, -0.1) is 0 Å². The summed E-state index contributed by atoms with van der Waals surface area (Å²) < 4.78 is 6.59. The van der Waals surface area contributed by atoms with E-state index in [4.69, 9.17) is 0 Å². The van der Waals surface area contributed by atoms with Gasteiger partial charge in [0.2, 0.25) is 5.91 Å². The summed E-state index contributed by atoms with van der Waals surface area (Å²) in [6, 6.07) is 17.1. The first-order chi connectivity index (χ1) is 14.5. The van der Waals surface area contributed by atoms with E-state index in [0.717, 1.165) is 32.8 Å². The van der Waals surface area contributed by atoms with Crippen molar-refractivity contribution in [2.75, 3.05) is 0 Å². The van der Waals surface area contributed by atoms with Gasteiger partial charge in [0.05, 0.1) is 12.1 Å². The zero-order valence-corrected chi connectivity index (χ0v) is 17.2. The molecule has 0 saturated carbocycles. The lowest BCUT2D eigenvalue weighted by Gasteiger charge is -2.12. The normalized spacial score (nSPS) is 11.0. The number of nitrogens with zero attached hydrogens (tertiary/aromatic N) is 3. The van der Waals surface area contributed by atoms with E-state index in [1.54, 1.807) is 5.38 Å². The molecule has 8 heteroatoms. The van der Waals surface area contributed by atoms with Gasteiger partial charge in [-0.05, 0) is 29.6 Å². The van der Waals surface area contributed by atoms with Crippen LogP contribution in [0.15, 0.2) is 69.6 Å². The Balaban J connectivity index is 1.62. The Hall–Kier alpha value is -3.52. The third-order valence-corrected chi connectivity index (χ3v) is 5.46. The first-order valence-electron chi connectivity index (χ1n) is 9.47. The van der Waals surface area contributed by atoms with Crippen LogP contribution >= 0.6 is 11.5 Å². The molecule has 1 N–H and O–H groups in total. The fourth-order valence-electron chi connectivity index (χ4n) is 3.20. The number of fused-ring (bicyclic) bond motifs is 1. The summed E-state index contributed by atoms with van der Waals surface area (Å²) in [5, 5.41) is 4.45. The van der Waals surface area contributed by atoms with Crippen LogP contribution in [-0.2, 0) is 24.4 Å². The summed E-state index contributed by atoms with van der Waals surface area (Å²) in [5.74, 6) is -0.310. The van der Waals surface area contributed by atoms with Crippen molar-refractivity contribution < 1.29 is 4.79 Å². The quantitative estimate of drug-likeness (QED) is 0.519. The number of hydrogen-bond acceptors (Lipinski definition) is 5. The zero-order chi connectivity index (χ0) is 21.1. The molecule has 0 atom stereocenters. The molecule has 0 bridgehead atoms. The topological polar surface area (TPSA) is 86.0 Å². The van der Waals surface area contributed by atoms with Crippen LogP contribution in [0.2, 0.25) is 0 Å². The molecule has 152 valence electrons. The highest BCUT2D eigenvalue weighted by atomic mass is 32.1. The van der Waals surface area contributed by atoms with Crippen LogP contribution in [0.5, 0.6) is 0 Å². The molecule has 0 saturated heterocycles. The molecule has 30 heavy (non-hydrogen) atoms. The van der Waals surface area contributed by atoms with Gasteiger partial charge in [-0.3, -0.25) is 18.7 Å². The van der Waals surface area contributed by atoms with Crippen LogP contribution in [-0.4, -0.2) is 19.4 Å². The minimum atomic E-state index is -0.526. The zero-order valence-electron chi connectivity index (χ0n) is 16.4. The Morgan fingerprint density at radius 2 is 1.73 bits per heavy atom. The second-order valence-electron chi connectivity index (χ2n) is 7.06. The van der Waals surface area contributed by atoms with E-state index in [0.29, 0.717) is 12.1 Å². The standard InChI is InChI=1S/C22H20N4O3S/c1-15-7-9-16(10-8-15)11-23-19(27)13-25-18-14-30-24-20(18)21(28)26(22(25)29)12-17-5-3-2-4-6-17/h2-10,14H,11-13H2,1H3,(H,23,27). The summed E-state index contributed by atoms with van der Waals surface area (Å²) >= 11 is 1.09. The predicted molar refractivity (Wildman–Crippen MR) is 117 cm³/mol. The van der Waals surface area contributed by atoms with Crippen molar-refractivity contribution in [3.8, 4) is 0 Å². The summed E-state index contributed by atoms with van der Waals surface area (Å²) in [7, 11) is 0. The van der Waals surface area contributed by atoms with Crippen molar-refractivity contribution in [1.29, 1.82) is 0 Å². The summed E-state index contributed by atoms with van der Waals surface area (Å²) in [6.07, 6.45) is 0. The van der Waals surface area contributed by atoms with E-state index in [1.807, 2.05) is 61.5 Å². The van der Waals surface area contributed by atoms with Gasteiger partial charge < -0.3 is 5.32 Å². The summed E-state index contributed by atoms with van der Waals surface area (Å²) in [4.78, 5) is 38.4. The highest BCUT2D eigenvalue weighted by molar-refractivity contribution is 7.04. The molecule has 7 nitrogen and oxygen atoms in total. The van der Waals surface area contributed by atoms with Gasteiger partial charge in [-0.2, -0.15) is 4.37 Å². The number of nitrogens with one attached hydrogen (secondary N) is 1. The van der Waals surface area contributed by atoms with E-state index in [-0.39, 0.29) is 24.5 Å². The van der Waals surface area contributed by atoms with Gasteiger partial charge in [-0.25, -0.2) is 4.79 Å². The third kappa shape index (κ3) is 4.08. The van der Waals surface area contributed by atoms with Crippen molar-refractivity contribution in [2.45, 2.75) is 26.6 Å². The van der Waals surface area contributed by atoms with Gasteiger partial charge in [-0.1, -0.05) is 60.2 Å². The molecule has 2 heterocycles. The SMILES string of the molecule is Cc1ccc(CNC(=O)Cn2c(=O)n(Cc3ccccc3)c(=O)c3nscc32)cc1. The molecular formula is C22H20N4O3S. The number of rotatable bonds is 6. The van der Waals surface area contributed by atoms with Crippen molar-refractivity contribution in [3.05, 3.63) is 97.5 Å². The van der Waals surface area contributed by atoms with Gasteiger partial charge in [0.25, 0.3) is 5.56 Å². The lowest BCUT2D eigenvalue weighted by Crippen LogP contribution is -2.42. The van der Waals surface area contributed by atoms with Crippen LogP contribution in [0, 0.1) is 6.92 Å². The van der Waals surface area contributed by atoms with Crippen LogP contribution in [0.1, 0.15) is 16.7 Å². The van der Waals surface area contributed by atoms with Crippen molar-refractivity contribution in [3.63, 3.8) is 0 Å². The van der Waals surface area contributed by atoms with Gasteiger partial charge in [0.1, 0.15) is 6.54 Å². The molecule has 4 rings (SSSR count). The van der Waals surface area contributed by atoms with E-state index in [9.17, 15) is 14.4 Å². The number of hydrogen-bond donors (Lipinski definition) is 1.